The van der Waals surface area contributed by atoms with E-state index in [0.717, 1.165) is 33.0 Å². The number of hydrogen-bond donors (Lipinski definition) is 0. The van der Waals surface area contributed by atoms with Gasteiger partial charge in [-0.2, -0.15) is 0 Å². The van der Waals surface area contributed by atoms with Crippen LogP contribution < -0.4 is 4.57 Å². The minimum absolute atomic E-state index is 0.942. The molecule has 30 heavy (non-hydrogen) atoms. The lowest BCUT2D eigenvalue weighted by molar-refractivity contribution is -0.662. The maximum Gasteiger partial charge on any atom is 0.287 e. The molecule has 4 heteroatoms. The minimum Gasteiger partial charge on any atom is -0.455 e. The summed E-state index contributed by atoms with van der Waals surface area (Å²) >= 11 is 1.83. The first-order valence-electron chi connectivity index (χ1n) is 10.1. The fourth-order valence-electron chi connectivity index (χ4n) is 4.53. The molecule has 0 spiro atoms. The van der Waals surface area contributed by atoms with Crippen molar-refractivity contribution in [3.8, 4) is 11.3 Å². The summed E-state index contributed by atoms with van der Waals surface area (Å²) in [6.07, 6.45) is 1.93. The quantitative estimate of drug-likeness (QED) is 0.281. The van der Waals surface area contributed by atoms with E-state index in [1.54, 1.807) is 0 Å². The van der Waals surface area contributed by atoms with Gasteiger partial charge in [0.05, 0.1) is 12.6 Å². The second-order valence-corrected chi connectivity index (χ2v) is 9.19. The van der Waals surface area contributed by atoms with E-state index in [2.05, 4.69) is 80.9 Å². The molecule has 3 nitrogen and oxygen atoms in total. The predicted octanol–water partition coefficient (Wildman–Crippen LogP) is 6.77. The molecule has 0 bridgehead atoms. The number of fused-ring (bicyclic) bond motifs is 6. The molecular formula is C26H21N2OS+. The Kier molecular flexibility index (Phi) is 3.60. The normalized spacial score (nSPS) is 12.0. The average molecular weight is 410 g/mol. The Morgan fingerprint density at radius 2 is 1.70 bits per heavy atom. The molecule has 0 atom stereocenters. The average Bonchev–Trinajstić information content (AvgIpc) is 3.27. The van der Waals surface area contributed by atoms with Crippen LogP contribution in [0.25, 0.3) is 53.5 Å². The molecule has 0 aliphatic rings. The standard InChI is InChI=1S/C26H21N2OS/c1-14-8-10-17-18-11-9-15(2)21(24(18)29-20(17)12-14)23-26-22(27-13-28(23)4)19-7-5-6-16(3)25(19)30-26/h5-13H,1-4H3/q+1. The Labute approximate surface area is 178 Å². The molecule has 0 radical (unpaired) electrons. The number of aromatic nitrogens is 2. The Morgan fingerprint density at radius 3 is 2.57 bits per heavy atom. The molecular weight excluding hydrogens is 388 g/mol. The lowest BCUT2D eigenvalue weighted by Crippen LogP contribution is -2.31. The van der Waals surface area contributed by atoms with Crippen LogP contribution in [0.1, 0.15) is 16.7 Å². The third-order valence-electron chi connectivity index (χ3n) is 6.06. The van der Waals surface area contributed by atoms with Gasteiger partial charge in [-0.05, 0) is 54.6 Å². The molecule has 0 aliphatic heterocycles. The largest absolute Gasteiger partial charge is 0.455 e. The Hall–Kier alpha value is -3.24. The van der Waals surface area contributed by atoms with Gasteiger partial charge in [0.2, 0.25) is 5.52 Å². The predicted molar refractivity (Wildman–Crippen MR) is 125 cm³/mol. The highest BCUT2D eigenvalue weighted by Gasteiger charge is 2.25. The van der Waals surface area contributed by atoms with E-state index in [0.29, 0.717) is 0 Å². The van der Waals surface area contributed by atoms with Gasteiger partial charge in [-0.3, -0.25) is 0 Å². The first-order valence-corrected chi connectivity index (χ1v) is 10.9. The maximum atomic E-state index is 6.47. The zero-order valence-corrected chi connectivity index (χ0v) is 18.2. The van der Waals surface area contributed by atoms with Crippen LogP contribution in [0.15, 0.2) is 59.3 Å². The molecule has 0 aliphatic carbocycles. The van der Waals surface area contributed by atoms with Crippen molar-refractivity contribution in [1.82, 2.24) is 4.98 Å². The fourth-order valence-corrected chi connectivity index (χ4v) is 5.84. The third-order valence-corrected chi connectivity index (χ3v) is 7.39. The van der Waals surface area contributed by atoms with E-state index in [1.165, 1.54) is 37.2 Å². The van der Waals surface area contributed by atoms with E-state index in [-0.39, 0.29) is 0 Å². The highest BCUT2D eigenvalue weighted by Crippen LogP contribution is 2.43. The SMILES string of the molecule is Cc1ccc2c(c1)oc1c(-c3c4sc5c(C)cccc5c4nc[n+]3C)c(C)ccc12. The summed E-state index contributed by atoms with van der Waals surface area (Å²) in [6.45, 7) is 6.44. The summed E-state index contributed by atoms with van der Waals surface area (Å²) in [6, 6.07) is 17.3. The molecule has 0 fully saturated rings. The first kappa shape index (κ1) is 17.6. The highest BCUT2D eigenvalue weighted by atomic mass is 32.1. The molecule has 3 heterocycles. The molecule has 3 aromatic heterocycles. The van der Waals surface area contributed by atoms with Gasteiger partial charge in [0, 0.05) is 20.9 Å². The lowest BCUT2D eigenvalue weighted by Gasteiger charge is -2.08. The number of nitrogens with zero attached hydrogens (tertiary/aromatic N) is 2. The zero-order chi connectivity index (χ0) is 20.6. The lowest BCUT2D eigenvalue weighted by atomic mass is 10.00. The molecule has 0 amide bonds. The molecule has 6 aromatic rings. The Bertz CT molecular complexity index is 1640. The van der Waals surface area contributed by atoms with Crippen molar-refractivity contribution in [1.29, 1.82) is 0 Å². The number of thiophene rings is 1. The van der Waals surface area contributed by atoms with Gasteiger partial charge in [0.15, 0.2) is 5.69 Å². The van der Waals surface area contributed by atoms with Crippen molar-refractivity contribution in [2.75, 3.05) is 0 Å². The van der Waals surface area contributed by atoms with Crippen LogP contribution in [-0.2, 0) is 7.05 Å². The number of rotatable bonds is 1. The van der Waals surface area contributed by atoms with Crippen molar-refractivity contribution in [2.24, 2.45) is 7.05 Å². The van der Waals surface area contributed by atoms with Crippen LogP contribution in [0, 0.1) is 20.8 Å². The summed E-state index contributed by atoms with van der Waals surface area (Å²) in [5.74, 6) is 0. The van der Waals surface area contributed by atoms with Gasteiger partial charge in [-0.25, -0.2) is 4.57 Å². The van der Waals surface area contributed by atoms with E-state index >= 15 is 0 Å². The molecule has 0 N–H and O–H groups in total. The second kappa shape index (κ2) is 6.13. The highest BCUT2D eigenvalue weighted by molar-refractivity contribution is 7.26. The van der Waals surface area contributed by atoms with E-state index < -0.39 is 0 Å². The van der Waals surface area contributed by atoms with Crippen LogP contribution >= 0.6 is 11.3 Å². The fraction of sp³-hybridized carbons (Fsp3) is 0.154. The summed E-state index contributed by atoms with van der Waals surface area (Å²) in [5.41, 5.74) is 8.98. The van der Waals surface area contributed by atoms with Crippen LogP contribution in [0.3, 0.4) is 0 Å². The third kappa shape index (κ3) is 2.31. The van der Waals surface area contributed by atoms with E-state index in [9.17, 15) is 0 Å². The number of furan rings is 1. The molecule has 6 rings (SSSR count). The van der Waals surface area contributed by atoms with Crippen LogP contribution in [0.2, 0.25) is 0 Å². The minimum atomic E-state index is 0.942. The van der Waals surface area contributed by atoms with Gasteiger partial charge >= 0.3 is 0 Å². The van der Waals surface area contributed by atoms with Gasteiger partial charge in [-0.1, -0.05) is 36.4 Å². The topological polar surface area (TPSA) is 29.9 Å². The molecule has 0 saturated carbocycles. The zero-order valence-electron chi connectivity index (χ0n) is 17.4. The van der Waals surface area contributed by atoms with Crippen molar-refractivity contribution in [3.63, 3.8) is 0 Å². The molecule has 0 saturated heterocycles. The van der Waals surface area contributed by atoms with Gasteiger partial charge < -0.3 is 4.42 Å². The summed E-state index contributed by atoms with van der Waals surface area (Å²) in [7, 11) is 2.07. The van der Waals surface area contributed by atoms with Gasteiger partial charge in [0.25, 0.3) is 6.33 Å². The molecule has 3 aromatic carbocycles. The summed E-state index contributed by atoms with van der Waals surface area (Å²) in [5, 5.41) is 3.55. The maximum absolute atomic E-state index is 6.47. The van der Waals surface area contributed by atoms with Crippen LogP contribution in [0.5, 0.6) is 0 Å². The smallest absolute Gasteiger partial charge is 0.287 e. The van der Waals surface area contributed by atoms with Crippen molar-refractivity contribution in [3.05, 3.63) is 71.5 Å². The van der Waals surface area contributed by atoms with Crippen LogP contribution in [0.4, 0.5) is 0 Å². The van der Waals surface area contributed by atoms with Gasteiger partial charge in [-0.15, -0.1) is 11.3 Å². The molecule has 146 valence electrons. The Morgan fingerprint density at radius 1 is 0.867 bits per heavy atom. The van der Waals surface area contributed by atoms with Gasteiger partial charge in [0.1, 0.15) is 15.9 Å². The van der Waals surface area contributed by atoms with E-state index in [4.69, 9.17) is 9.40 Å². The number of hydrogen-bond acceptors (Lipinski definition) is 3. The van der Waals surface area contributed by atoms with Crippen molar-refractivity contribution >= 4 is 53.6 Å². The number of benzene rings is 3. The summed E-state index contributed by atoms with van der Waals surface area (Å²) in [4.78, 5) is 4.80. The first-order chi connectivity index (χ1) is 14.5. The second-order valence-electron chi connectivity index (χ2n) is 8.17. The summed E-state index contributed by atoms with van der Waals surface area (Å²) < 4.78 is 11.1. The van der Waals surface area contributed by atoms with E-state index in [1.807, 2.05) is 17.7 Å². The van der Waals surface area contributed by atoms with Crippen molar-refractivity contribution in [2.45, 2.75) is 20.8 Å². The number of aryl methyl sites for hydroxylation is 4. The molecule has 0 unspecified atom stereocenters. The monoisotopic (exact) mass is 409 g/mol. The Balaban J connectivity index is 1.81. The van der Waals surface area contributed by atoms with Crippen molar-refractivity contribution < 1.29 is 8.98 Å². The van der Waals surface area contributed by atoms with Crippen LogP contribution in [-0.4, -0.2) is 4.98 Å².